The van der Waals surface area contributed by atoms with Crippen molar-refractivity contribution >= 4 is 55.2 Å². The molecule has 0 bridgehead atoms. The van der Waals surface area contributed by atoms with Gasteiger partial charge in [-0.25, -0.2) is 26.8 Å². The lowest BCUT2D eigenvalue weighted by molar-refractivity contribution is -0.138. The standard InChI is InChI=1S/C30H35N7O7S3/c1-22-10-12-24(13-11-22)47(43,44)34-35(2)30(14-7-15-31,27(39)28-32-16-19-45-28)33-26(38)21-36-17-18-37(46(3,41)42)25(29(36)40)20-23-8-5-4-6-9-23/h4-6,8-13,15-19,25,31,34H,7,14,20-21H2,1-3H3,(H,33,38)/t25-,30-/m0/s1. The number of sulfonamides is 2. The number of carbonyl (C=O) groups is 3. The quantitative estimate of drug-likeness (QED) is 0.0920. The second kappa shape index (κ2) is 14.6. The number of aromatic nitrogens is 1. The van der Waals surface area contributed by atoms with Gasteiger partial charge < -0.3 is 15.6 Å². The van der Waals surface area contributed by atoms with Crippen LogP contribution in [-0.4, -0.2) is 91.4 Å². The Bertz CT molecular complexity index is 1850. The molecule has 0 spiro atoms. The van der Waals surface area contributed by atoms with Gasteiger partial charge in [-0.3, -0.25) is 18.7 Å². The number of rotatable bonds is 15. The summed E-state index contributed by atoms with van der Waals surface area (Å²) < 4.78 is 52.8. The Hall–Kier alpha value is -4.29. The van der Waals surface area contributed by atoms with Crippen molar-refractivity contribution in [1.82, 2.24) is 29.3 Å². The SMILES string of the molecule is Cc1ccc(S(=O)(=O)NN(C)[C@](CCC=N)(NC(=O)CN2C=CN(S(C)(=O)=O)[C@@H](Cc3ccccc3)C2=O)C(=O)c2nccs2)cc1. The lowest BCUT2D eigenvalue weighted by Crippen LogP contribution is -2.69. The number of thiazole rings is 1. The van der Waals surface area contributed by atoms with Gasteiger partial charge in [-0.1, -0.05) is 48.0 Å². The predicted molar refractivity (Wildman–Crippen MR) is 176 cm³/mol. The van der Waals surface area contributed by atoms with Crippen LogP contribution in [0.3, 0.4) is 0 Å². The molecule has 1 aliphatic heterocycles. The summed E-state index contributed by atoms with van der Waals surface area (Å²) in [5.74, 6) is -2.28. The molecule has 14 nitrogen and oxygen atoms in total. The van der Waals surface area contributed by atoms with E-state index >= 15 is 0 Å². The Labute approximate surface area is 277 Å². The Morgan fingerprint density at radius 1 is 1.09 bits per heavy atom. The summed E-state index contributed by atoms with van der Waals surface area (Å²) in [6.07, 6.45) is 5.48. The number of hydrogen-bond acceptors (Lipinski definition) is 11. The highest BCUT2D eigenvalue weighted by Crippen LogP contribution is 2.26. The van der Waals surface area contributed by atoms with Crippen molar-refractivity contribution in [3.8, 4) is 0 Å². The van der Waals surface area contributed by atoms with Gasteiger partial charge in [0, 0.05) is 37.4 Å². The van der Waals surface area contributed by atoms with Gasteiger partial charge in [0.2, 0.25) is 21.7 Å². The largest absolute Gasteiger partial charge is 0.328 e. The van der Waals surface area contributed by atoms with E-state index in [4.69, 9.17) is 5.41 Å². The number of likely N-dealkylation sites (N-methyl/N-ethyl adjacent to an activating group) is 1. The third-order valence-electron chi connectivity index (χ3n) is 7.40. The number of ketones is 1. The third-order valence-corrected chi connectivity index (χ3v) is 10.7. The Morgan fingerprint density at radius 2 is 1.77 bits per heavy atom. The van der Waals surface area contributed by atoms with Gasteiger partial charge in [0.05, 0.1) is 11.2 Å². The molecule has 1 aromatic heterocycles. The summed E-state index contributed by atoms with van der Waals surface area (Å²) in [5.41, 5.74) is -0.563. The molecular weight excluding hydrogens is 667 g/mol. The van der Waals surface area contributed by atoms with Crippen LogP contribution in [0.1, 0.15) is 33.8 Å². The number of nitrogens with zero attached hydrogens (tertiary/aromatic N) is 4. The highest BCUT2D eigenvalue weighted by Gasteiger charge is 2.47. The fourth-order valence-electron chi connectivity index (χ4n) is 4.99. The molecule has 0 fully saturated rings. The molecule has 1 aliphatic rings. The van der Waals surface area contributed by atoms with E-state index < -0.39 is 55.9 Å². The summed E-state index contributed by atoms with van der Waals surface area (Å²) in [6, 6.07) is 13.6. The molecule has 3 N–H and O–H groups in total. The molecule has 0 radical (unpaired) electrons. The van der Waals surface area contributed by atoms with Crippen LogP contribution in [0.4, 0.5) is 0 Å². The third kappa shape index (κ3) is 8.36. The van der Waals surface area contributed by atoms with E-state index in [0.29, 0.717) is 5.56 Å². The van der Waals surface area contributed by atoms with Crippen LogP contribution in [0.5, 0.6) is 0 Å². The van der Waals surface area contributed by atoms with Gasteiger partial charge in [0.15, 0.2) is 10.7 Å². The van der Waals surface area contributed by atoms with Crippen molar-refractivity contribution in [3.05, 3.63) is 94.7 Å². The van der Waals surface area contributed by atoms with Crippen LogP contribution in [0.25, 0.3) is 0 Å². The summed E-state index contributed by atoms with van der Waals surface area (Å²) >= 11 is 0.981. The van der Waals surface area contributed by atoms with E-state index in [1.807, 2.05) is 0 Å². The molecule has 2 heterocycles. The lowest BCUT2D eigenvalue weighted by Gasteiger charge is -2.41. The number of aryl methyl sites for hydroxylation is 1. The first-order valence-electron chi connectivity index (χ1n) is 14.3. The number of nitrogens with one attached hydrogen (secondary N) is 3. The molecule has 0 aliphatic carbocycles. The number of carbonyl (C=O) groups excluding carboxylic acids is 3. The highest BCUT2D eigenvalue weighted by atomic mass is 32.2. The van der Waals surface area contributed by atoms with Crippen LogP contribution in [0, 0.1) is 12.3 Å². The van der Waals surface area contributed by atoms with Gasteiger partial charge in [-0.15, -0.1) is 16.2 Å². The summed E-state index contributed by atoms with van der Waals surface area (Å²) in [7, 11) is -6.84. The molecule has 0 saturated heterocycles. The molecular formula is C30H35N7O7S3. The predicted octanol–water partition coefficient (Wildman–Crippen LogP) is 1.89. The van der Waals surface area contributed by atoms with Gasteiger partial charge in [0.25, 0.3) is 15.9 Å². The molecule has 2 amide bonds. The topological polar surface area (TPSA) is 190 Å². The van der Waals surface area contributed by atoms with Crippen LogP contribution in [0.2, 0.25) is 0 Å². The second-order valence-electron chi connectivity index (χ2n) is 10.8. The minimum absolute atomic E-state index is 0.0303. The van der Waals surface area contributed by atoms with Gasteiger partial charge >= 0.3 is 0 Å². The molecule has 250 valence electrons. The number of hydrazine groups is 1. The Morgan fingerprint density at radius 3 is 2.36 bits per heavy atom. The Balaban J connectivity index is 1.67. The van der Waals surface area contributed by atoms with Crippen molar-refractivity contribution in [3.63, 3.8) is 0 Å². The van der Waals surface area contributed by atoms with E-state index in [2.05, 4.69) is 15.1 Å². The molecule has 17 heteroatoms. The first-order valence-corrected chi connectivity index (χ1v) is 18.5. The summed E-state index contributed by atoms with van der Waals surface area (Å²) in [5, 5.41) is 12.7. The van der Waals surface area contributed by atoms with Crippen LogP contribution < -0.4 is 10.1 Å². The maximum atomic E-state index is 14.1. The second-order valence-corrected chi connectivity index (χ2v) is 15.3. The molecule has 0 saturated carbocycles. The fraction of sp³-hybridized carbons (Fsp3) is 0.300. The number of amides is 2. The molecule has 2 aromatic carbocycles. The number of Topliss-reactive ketones (excluding diaryl/α,β-unsaturated/α-hetero) is 1. The fourth-order valence-corrected chi connectivity index (χ4v) is 7.66. The van der Waals surface area contributed by atoms with Crippen molar-refractivity contribution < 1.29 is 31.2 Å². The monoisotopic (exact) mass is 701 g/mol. The number of benzene rings is 2. The van der Waals surface area contributed by atoms with E-state index in [9.17, 15) is 31.2 Å². The normalized spacial score (nSPS) is 16.6. The van der Waals surface area contributed by atoms with Crippen molar-refractivity contribution in [2.75, 3.05) is 19.8 Å². The summed E-state index contributed by atoms with van der Waals surface area (Å²) in [6.45, 7) is 1.17. The van der Waals surface area contributed by atoms with E-state index in [1.54, 1.807) is 54.8 Å². The van der Waals surface area contributed by atoms with Gasteiger partial charge in [-0.2, -0.15) is 0 Å². The zero-order valence-electron chi connectivity index (χ0n) is 25.9. The van der Waals surface area contributed by atoms with Crippen molar-refractivity contribution in [2.45, 2.75) is 42.8 Å². The van der Waals surface area contributed by atoms with E-state index in [0.717, 1.165) is 49.8 Å². The minimum Gasteiger partial charge on any atom is -0.328 e. The zero-order valence-corrected chi connectivity index (χ0v) is 28.3. The van der Waals surface area contributed by atoms with Crippen LogP contribution in [-0.2, 0) is 36.1 Å². The van der Waals surface area contributed by atoms with Crippen LogP contribution in [0.15, 0.2) is 83.5 Å². The van der Waals surface area contributed by atoms with E-state index in [-0.39, 0.29) is 29.2 Å². The molecule has 3 aromatic rings. The average Bonchev–Trinajstić information content (AvgIpc) is 3.56. The van der Waals surface area contributed by atoms with Crippen LogP contribution >= 0.6 is 11.3 Å². The van der Waals surface area contributed by atoms with E-state index in [1.165, 1.54) is 31.6 Å². The molecule has 47 heavy (non-hydrogen) atoms. The van der Waals surface area contributed by atoms with Crippen molar-refractivity contribution in [2.24, 2.45) is 0 Å². The molecule has 2 atom stereocenters. The minimum atomic E-state index is -4.26. The first kappa shape index (κ1) is 35.6. The van der Waals surface area contributed by atoms with Gasteiger partial charge in [0.1, 0.15) is 12.6 Å². The van der Waals surface area contributed by atoms with Gasteiger partial charge in [-0.05, 0) is 43.7 Å². The Kier molecular flexibility index (Phi) is 11.1. The average molecular weight is 702 g/mol. The van der Waals surface area contributed by atoms with Crippen molar-refractivity contribution in [1.29, 1.82) is 5.41 Å². The maximum absolute atomic E-state index is 14.1. The number of hydrogen-bond donors (Lipinski definition) is 3. The zero-order chi connectivity index (χ0) is 34.4. The first-order chi connectivity index (χ1) is 22.2. The summed E-state index contributed by atoms with van der Waals surface area (Å²) in [4.78, 5) is 48.8. The lowest BCUT2D eigenvalue weighted by atomic mass is 9.97. The molecule has 4 rings (SSSR count). The smallest absolute Gasteiger partial charge is 0.253 e. The molecule has 0 unspecified atom stereocenters. The maximum Gasteiger partial charge on any atom is 0.253 e. The highest BCUT2D eigenvalue weighted by molar-refractivity contribution is 7.89.